The fourth-order valence-corrected chi connectivity index (χ4v) is 2.49. The SMILES string of the molecule is CN(Cc1ccccc1)C(=O)C[NH+](C)CC(=O)Nc1ccc(F)c(F)c1F. The number of amides is 2. The van der Waals surface area contributed by atoms with E-state index in [0.29, 0.717) is 11.4 Å². The second kappa shape index (κ2) is 9.18. The van der Waals surface area contributed by atoms with Gasteiger partial charge in [0.2, 0.25) is 0 Å². The average molecular weight is 380 g/mol. The highest BCUT2D eigenvalue weighted by atomic mass is 19.2. The summed E-state index contributed by atoms with van der Waals surface area (Å²) in [6.07, 6.45) is 0. The smallest absolute Gasteiger partial charge is 0.279 e. The highest BCUT2D eigenvalue weighted by Crippen LogP contribution is 2.19. The van der Waals surface area contributed by atoms with E-state index in [9.17, 15) is 22.8 Å². The quantitative estimate of drug-likeness (QED) is 0.710. The van der Waals surface area contributed by atoms with Gasteiger partial charge in [0.1, 0.15) is 0 Å². The summed E-state index contributed by atoms with van der Waals surface area (Å²) in [7, 11) is 3.30. The summed E-state index contributed by atoms with van der Waals surface area (Å²) in [5.74, 6) is -5.22. The fraction of sp³-hybridized carbons (Fsp3) is 0.263. The van der Waals surface area contributed by atoms with Crippen molar-refractivity contribution in [3.8, 4) is 0 Å². The van der Waals surface area contributed by atoms with E-state index in [1.807, 2.05) is 30.3 Å². The van der Waals surface area contributed by atoms with E-state index in [1.54, 1.807) is 19.0 Å². The van der Waals surface area contributed by atoms with E-state index in [1.165, 1.54) is 0 Å². The minimum Gasteiger partial charge on any atom is -0.337 e. The molecule has 2 amide bonds. The van der Waals surface area contributed by atoms with Crippen molar-refractivity contribution in [3.05, 3.63) is 65.5 Å². The first-order valence-electron chi connectivity index (χ1n) is 8.30. The summed E-state index contributed by atoms with van der Waals surface area (Å²) in [6.45, 7) is 0.361. The van der Waals surface area contributed by atoms with Crippen LogP contribution < -0.4 is 10.2 Å². The van der Waals surface area contributed by atoms with Crippen LogP contribution in [0, 0.1) is 17.5 Å². The Bertz CT molecular complexity index is 815. The van der Waals surface area contributed by atoms with Gasteiger partial charge in [-0.3, -0.25) is 9.59 Å². The number of carbonyl (C=O) groups is 2. The third kappa shape index (κ3) is 5.82. The molecule has 0 fully saturated rings. The lowest BCUT2D eigenvalue weighted by atomic mass is 10.2. The minimum absolute atomic E-state index is 0.0526. The third-order valence-corrected chi connectivity index (χ3v) is 3.91. The Labute approximate surface area is 155 Å². The highest BCUT2D eigenvalue weighted by molar-refractivity contribution is 5.91. The molecule has 0 spiro atoms. The first-order valence-corrected chi connectivity index (χ1v) is 8.30. The van der Waals surface area contributed by atoms with Crippen LogP contribution >= 0.6 is 0 Å². The van der Waals surface area contributed by atoms with E-state index in [-0.39, 0.29) is 19.0 Å². The van der Waals surface area contributed by atoms with Gasteiger partial charge in [0, 0.05) is 13.6 Å². The molecule has 0 aliphatic carbocycles. The molecular formula is C19H21F3N3O2+. The topological polar surface area (TPSA) is 53.9 Å². The number of halogens is 3. The molecule has 1 unspecified atom stereocenters. The van der Waals surface area contributed by atoms with Crippen molar-refractivity contribution in [2.45, 2.75) is 6.54 Å². The van der Waals surface area contributed by atoms with Crippen LogP contribution in [0.25, 0.3) is 0 Å². The second-order valence-electron chi connectivity index (χ2n) is 6.32. The second-order valence-corrected chi connectivity index (χ2v) is 6.32. The Morgan fingerprint density at radius 1 is 1.00 bits per heavy atom. The summed E-state index contributed by atoms with van der Waals surface area (Å²) in [6, 6.07) is 11.1. The van der Waals surface area contributed by atoms with E-state index >= 15 is 0 Å². The van der Waals surface area contributed by atoms with Gasteiger partial charge in [-0.25, -0.2) is 13.2 Å². The lowest BCUT2D eigenvalue weighted by Gasteiger charge is -2.20. The van der Waals surface area contributed by atoms with Gasteiger partial charge in [0.05, 0.1) is 12.7 Å². The van der Waals surface area contributed by atoms with Crippen LogP contribution in [0.15, 0.2) is 42.5 Å². The first-order chi connectivity index (χ1) is 12.8. The predicted molar refractivity (Wildman–Crippen MR) is 94.5 cm³/mol. The number of benzene rings is 2. The van der Waals surface area contributed by atoms with Crippen molar-refractivity contribution >= 4 is 17.5 Å². The molecule has 27 heavy (non-hydrogen) atoms. The van der Waals surface area contributed by atoms with Gasteiger partial charge in [-0.1, -0.05) is 30.3 Å². The zero-order valence-electron chi connectivity index (χ0n) is 15.1. The lowest BCUT2D eigenvalue weighted by Crippen LogP contribution is -3.11. The molecule has 2 N–H and O–H groups in total. The van der Waals surface area contributed by atoms with Crippen molar-refractivity contribution < 1.29 is 27.7 Å². The molecule has 8 heteroatoms. The number of quaternary nitrogens is 1. The standard InChI is InChI=1S/C19H20F3N3O2/c1-24(12-17(27)25(2)10-13-6-4-3-5-7-13)11-16(26)23-15-9-8-14(20)18(21)19(15)22/h3-9H,10-12H2,1-2H3,(H,23,26)/p+1. The summed E-state index contributed by atoms with van der Waals surface area (Å²) >= 11 is 0. The maximum atomic E-state index is 13.6. The Morgan fingerprint density at radius 3 is 2.33 bits per heavy atom. The summed E-state index contributed by atoms with van der Waals surface area (Å²) in [4.78, 5) is 26.3. The number of hydrogen-bond acceptors (Lipinski definition) is 2. The van der Waals surface area contributed by atoms with Gasteiger partial charge in [0.15, 0.2) is 30.5 Å². The van der Waals surface area contributed by atoms with Crippen LogP contribution in [0.4, 0.5) is 18.9 Å². The average Bonchev–Trinajstić information content (AvgIpc) is 2.62. The number of nitrogens with one attached hydrogen (secondary N) is 2. The van der Waals surface area contributed by atoms with E-state index < -0.39 is 29.0 Å². The monoisotopic (exact) mass is 380 g/mol. The van der Waals surface area contributed by atoms with Gasteiger partial charge in [-0.05, 0) is 17.7 Å². The molecule has 1 atom stereocenters. The molecular weight excluding hydrogens is 359 g/mol. The Balaban J connectivity index is 1.85. The molecule has 0 aliphatic rings. The predicted octanol–water partition coefficient (Wildman–Crippen LogP) is 1.22. The lowest BCUT2D eigenvalue weighted by molar-refractivity contribution is -0.862. The molecule has 0 saturated heterocycles. The van der Waals surface area contributed by atoms with Crippen LogP contribution in [0.1, 0.15) is 5.56 Å². The first kappa shape index (κ1) is 20.4. The van der Waals surface area contributed by atoms with Crippen molar-refractivity contribution in [1.29, 1.82) is 0 Å². The molecule has 0 heterocycles. The Hall–Kier alpha value is -2.87. The van der Waals surface area contributed by atoms with Crippen molar-refractivity contribution in [2.75, 3.05) is 32.5 Å². The Morgan fingerprint density at radius 2 is 1.67 bits per heavy atom. The van der Waals surface area contributed by atoms with Crippen LogP contribution in [0.3, 0.4) is 0 Å². The molecule has 5 nitrogen and oxygen atoms in total. The van der Waals surface area contributed by atoms with Crippen LogP contribution in [-0.2, 0) is 16.1 Å². The molecule has 0 bridgehead atoms. The van der Waals surface area contributed by atoms with E-state index in [0.717, 1.165) is 17.7 Å². The number of anilines is 1. The van der Waals surface area contributed by atoms with Gasteiger partial charge >= 0.3 is 0 Å². The molecule has 0 radical (unpaired) electrons. The zero-order valence-corrected chi connectivity index (χ0v) is 15.1. The summed E-state index contributed by atoms with van der Waals surface area (Å²) in [5.41, 5.74) is 0.539. The summed E-state index contributed by atoms with van der Waals surface area (Å²) < 4.78 is 39.7. The number of nitrogens with zero attached hydrogens (tertiary/aromatic N) is 1. The number of hydrogen-bond donors (Lipinski definition) is 2. The highest BCUT2D eigenvalue weighted by Gasteiger charge is 2.20. The maximum absolute atomic E-state index is 13.6. The van der Waals surface area contributed by atoms with Gasteiger partial charge in [-0.15, -0.1) is 0 Å². The van der Waals surface area contributed by atoms with Crippen molar-refractivity contribution in [1.82, 2.24) is 4.90 Å². The molecule has 0 aliphatic heterocycles. The van der Waals surface area contributed by atoms with Gasteiger partial charge < -0.3 is 15.1 Å². The van der Waals surface area contributed by atoms with E-state index in [4.69, 9.17) is 0 Å². The molecule has 2 aromatic carbocycles. The zero-order chi connectivity index (χ0) is 20.0. The van der Waals surface area contributed by atoms with Gasteiger partial charge in [0.25, 0.3) is 11.8 Å². The third-order valence-electron chi connectivity index (χ3n) is 3.91. The Kier molecular flexibility index (Phi) is 6.95. The molecule has 0 aromatic heterocycles. The molecule has 144 valence electrons. The van der Waals surface area contributed by atoms with Crippen molar-refractivity contribution in [3.63, 3.8) is 0 Å². The summed E-state index contributed by atoms with van der Waals surface area (Å²) in [5, 5.41) is 2.19. The molecule has 2 aromatic rings. The molecule has 2 rings (SSSR count). The molecule has 0 saturated carbocycles. The van der Waals surface area contributed by atoms with Crippen LogP contribution in [-0.4, -0.2) is 43.9 Å². The fourth-order valence-electron chi connectivity index (χ4n) is 2.49. The maximum Gasteiger partial charge on any atom is 0.279 e. The van der Waals surface area contributed by atoms with Crippen LogP contribution in [0.2, 0.25) is 0 Å². The number of rotatable bonds is 7. The van der Waals surface area contributed by atoms with Crippen LogP contribution in [0.5, 0.6) is 0 Å². The minimum atomic E-state index is -1.65. The number of carbonyl (C=O) groups excluding carboxylic acids is 2. The largest absolute Gasteiger partial charge is 0.337 e. The van der Waals surface area contributed by atoms with Crippen molar-refractivity contribution in [2.24, 2.45) is 0 Å². The van der Waals surface area contributed by atoms with E-state index in [2.05, 4.69) is 5.32 Å². The normalized spacial score (nSPS) is 11.7. The van der Waals surface area contributed by atoms with Gasteiger partial charge in [-0.2, -0.15) is 0 Å². The number of likely N-dealkylation sites (N-methyl/N-ethyl adjacent to an activating group) is 2.